The zero-order valence-electron chi connectivity index (χ0n) is 7.66. The molecule has 0 heterocycles. The summed E-state index contributed by atoms with van der Waals surface area (Å²) in [5.74, 6) is -0.0296. The quantitative estimate of drug-likeness (QED) is 0.500. The smallest absolute Gasteiger partial charge is 0.872 e. The predicted molar refractivity (Wildman–Crippen MR) is 41.1 cm³/mol. The van der Waals surface area contributed by atoms with E-state index in [9.17, 15) is 10.2 Å². The van der Waals surface area contributed by atoms with Crippen LogP contribution in [-0.2, 0) is 5.60 Å². The molecule has 60 valence electrons. The molecule has 0 aliphatic rings. The van der Waals surface area contributed by atoms with E-state index >= 15 is 0 Å². The van der Waals surface area contributed by atoms with Crippen LogP contribution in [0.5, 0.6) is 5.75 Å². The first-order valence-corrected chi connectivity index (χ1v) is 3.50. The van der Waals surface area contributed by atoms with Crippen LogP contribution in [0.1, 0.15) is 19.4 Å². The van der Waals surface area contributed by atoms with Gasteiger partial charge in [-0.2, -0.15) is 0 Å². The van der Waals surface area contributed by atoms with Crippen molar-refractivity contribution in [3.05, 3.63) is 29.8 Å². The SMILES string of the molecule is CC(C)(O)c1ccc([O-])cc1.[Na+]. The molecule has 0 bridgehead atoms. The second-order valence-electron chi connectivity index (χ2n) is 3.08. The minimum absolute atomic E-state index is 0. The largest absolute Gasteiger partial charge is 1.00 e. The Kier molecular flexibility index (Phi) is 4.28. The maximum absolute atomic E-state index is 10.7. The number of benzene rings is 1. The molecule has 0 aliphatic heterocycles. The number of hydrogen-bond acceptors (Lipinski definition) is 2. The molecule has 0 unspecified atom stereocenters. The van der Waals surface area contributed by atoms with Crippen LogP contribution in [0.3, 0.4) is 0 Å². The minimum atomic E-state index is -0.853. The first-order valence-electron chi connectivity index (χ1n) is 3.50. The molecule has 1 aromatic carbocycles. The van der Waals surface area contributed by atoms with Gasteiger partial charge in [-0.1, -0.05) is 24.3 Å². The van der Waals surface area contributed by atoms with E-state index in [-0.39, 0.29) is 35.3 Å². The standard InChI is InChI=1S/C9H12O2.Na/c1-9(2,11)7-3-5-8(10)6-4-7;/h3-6,10-11H,1-2H3;/q;+1/p-1. The second kappa shape index (κ2) is 4.28. The van der Waals surface area contributed by atoms with Crippen LogP contribution in [0, 0.1) is 0 Å². The van der Waals surface area contributed by atoms with Crippen molar-refractivity contribution in [3.8, 4) is 5.75 Å². The summed E-state index contributed by atoms with van der Waals surface area (Å²) in [5, 5.41) is 20.1. The van der Waals surface area contributed by atoms with Gasteiger partial charge in [0, 0.05) is 0 Å². The van der Waals surface area contributed by atoms with Gasteiger partial charge in [0.1, 0.15) is 0 Å². The van der Waals surface area contributed by atoms with Crippen LogP contribution in [0.25, 0.3) is 0 Å². The summed E-state index contributed by atoms with van der Waals surface area (Å²) in [5.41, 5.74) is -0.0923. The molecule has 0 atom stereocenters. The summed E-state index contributed by atoms with van der Waals surface area (Å²) in [7, 11) is 0. The fourth-order valence-electron chi connectivity index (χ4n) is 0.863. The molecule has 1 aromatic rings. The fraction of sp³-hybridized carbons (Fsp3) is 0.333. The third kappa shape index (κ3) is 3.15. The van der Waals surface area contributed by atoms with Gasteiger partial charge in [0.2, 0.25) is 0 Å². The average molecular weight is 174 g/mol. The van der Waals surface area contributed by atoms with Crippen molar-refractivity contribution in [3.63, 3.8) is 0 Å². The van der Waals surface area contributed by atoms with Crippen LogP contribution in [0.15, 0.2) is 24.3 Å². The van der Waals surface area contributed by atoms with Crippen molar-refractivity contribution in [2.24, 2.45) is 0 Å². The number of aliphatic hydroxyl groups is 1. The molecule has 1 rings (SSSR count). The van der Waals surface area contributed by atoms with E-state index in [0.717, 1.165) is 5.56 Å². The first kappa shape index (κ1) is 12.0. The summed E-state index contributed by atoms with van der Waals surface area (Å²) in [4.78, 5) is 0. The Hall–Kier alpha value is -0.0200. The van der Waals surface area contributed by atoms with E-state index in [1.165, 1.54) is 12.1 Å². The Morgan fingerprint density at radius 3 is 1.92 bits per heavy atom. The first-order chi connectivity index (χ1) is 5.00. The number of rotatable bonds is 1. The van der Waals surface area contributed by atoms with Gasteiger partial charge in [0.15, 0.2) is 0 Å². The van der Waals surface area contributed by atoms with E-state index in [2.05, 4.69) is 0 Å². The van der Waals surface area contributed by atoms with Crippen LogP contribution < -0.4 is 34.7 Å². The molecule has 0 amide bonds. The fourth-order valence-corrected chi connectivity index (χ4v) is 0.863. The Morgan fingerprint density at radius 1 is 1.17 bits per heavy atom. The molecule has 12 heavy (non-hydrogen) atoms. The van der Waals surface area contributed by atoms with Gasteiger partial charge in [0.25, 0.3) is 0 Å². The molecule has 1 N–H and O–H groups in total. The van der Waals surface area contributed by atoms with E-state index in [1.807, 2.05) is 0 Å². The van der Waals surface area contributed by atoms with Gasteiger partial charge in [-0.15, -0.1) is 5.75 Å². The van der Waals surface area contributed by atoms with Crippen LogP contribution in [0.2, 0.25) is 0 Å². The molecule has 0 fully saturated rings. The molecule has 0 aromatic heterocycles. The van der Waals surface area contributed by atoms with Crippen LogP contribution in [0.4, 0.5) is 0 Å². The van der Waals surface area contributed by atoms with Crippen LogP contribution in [-0.4, -0.2) is 5.11 Å². The van der Waals surface area contributed by atoms with Gasteiger partial charge in [-0.25, -0.2) is 0 Å². The van der Waals surface area contributed by atoms with Gasteiger partial charge in [0.05, 0.1) is 5.60 Å². The van der Waals surface area contributed by atoms with Gasteiger partial charge >= 0.3 is 29.6 Å². The van der Waals surface area contributed by atoms with Crippen molar-refractivity contribution in [1.82, 2.24) is 0 Å². The van der Waals surface area contributed by atoms with E-state index in [1.54, 1.807) is 26.0 Å². The van der Waals surface area contributed by atoms with Gasteiger partial charge in [-0.05, 0) is 19.4 Å². The van der Waals surface area contributed by atoms with Crippen molar-refractivity contribution < 1.29 is 39.8 Å². The molecule has 0 spiro atoms. The van der Waals surface area contributed by atoms with Gasteiger partial charge < -0.3 is 10.2 Å². The maximum Gasteiger partial charge on any atom is 1.00 e. The minimum Gasteiger partial charge on any atom is -0.872 e. The normalized spacial score (nSPS) is 10.6. The van der Waals surface area contributed by atoms with Crippen LogP contribution >= 0.6 is 0 Å². The third-order valence-electron chi connectivity index (χ3n) is 1.56. The summed E-state index contributed by atoms with van der Waals surface area (Å²) in [6.07, 6.45) is 0. The summed E-state index contributed by atoms with van der Waals surface area (Å²) < 4.78 is 0. The van der Waals surface area contributed by atoms with Crippen molar-refractivity contribution in [2.45, 2.75) is 19.4 Å². The maximum atomic E-state index is 10.7. The third-order valence-corrected chi connectivity index (χ3v) is 1.56. The predicted octanol–water partition coefficient (Wildman–Crippen LogP) is -2.01. The summed E-state index contributed by atoms with van der Waals surface area (Å²) in [6, 6.07) is 6.19. The Bertz CT molecular complexity index is 236. The summed E-state index contributed by atoms with van der Waals surface area (Å²) >= 11 is 0. The Morgan fingerprint density at radius 2 is 1.58 bits per heavy atom. The Labute approximate surface area is 94.5 Å². The average Bonchev–Trinajstić information content (AvgIpc) is 1.86. The van der Waals surface area contributed by atoms with Gasteiger partial charge in [-0.3, -0.25) is 0 Å². The van der Waals surface area contributed by atoms with Crippen molar-refractivity contribution >= 4 is 0 Å². The molecule has 0 saturated heterocycles. The molecule has 3 heteroatoms. The topological polar surface area (TPSA) is 43.3 Å². The molecular formula is C9H11NaO2. The van der Waals surface area contributed by atoms with E-state index in [4.69, 9.17) is 0 Å². The zero-order valence-corrected chi connectivity index (χ0v) is 9.66. The second-order valence-corrected chi connectivity index (χ2v) is 3.08. The van der Waals surface area contributed by atoms with E-state index < -0.39 is 5.60 Å². The summed E-state index contributed by atoms with van der Waals surface area (Å²) in [6.45, 7) is 3.37. The monoisotopic (exact) mass is 174 g/mol. The molecule has 0 aliphatic carbocycles. The zero-order chi connectivity index (χ0) is 8.48. The Balaban J connectivity index is 0.00000121. The molecule has 2 nitrogen and oxygen atoms in total. The molecular weight excluding hydrogens is 163 g/mol. The molecule has 0 radical (unpaired) electrons. The number of hydrogen-bond donors (Lipinski definition) is 1. The molecule has 0 saturated carbocycles. The van der Waals surface area contributed by atoms with E-state index in [0.29, 0.717) is 0 Å². The van der Waals surface area contributed by atoms with Crippen molar-refractivity contribution in [2.75, 3.05) is 0 Å². The van der Waals surface area contributed by atoms with Crippen molar-refractivity contribution in [1.29, 1.82) is 0 Å².